The van der Waals surface area contributed by atoms with Gasteiger partial charge in [0.15, 0.2) is 0 Å². The lowest BCUT2D eigenvalue weighted by Gasteiger charge is -2.26. The van der Waals surface area contributed by atoms with E-state index in [0.717, 1.165) is 19.1 Å². The highest BCUT2D eigenvalue weighted by Crippen LogP contribution is 2.38. The number of rotatable bonds is 6. The summed E-state index contributed by atoms with van der Waals surface area (Å²) in [5, 5.41) is 2.69. The molecule has 1 saturated carbocycles. The molecule has 0 spiro atoms. The normalized spacial score (nSPS) is 18.5. The highest BCUT2D eigenvalue weighted by Gasteiger charge is 2.43. The second-order valence-corrected chi connectivity index (χ2v) is 6.85. The molecule has 0 aromatic rings. The van der Waals surface area contributed by atoms with Gasteiger partial charge in [-0.25, -0.2) is 13.1 Å². The third-order valence-electron chi connectivity index (χ3n) is 3.14. The number of hydrogen-bond acceptors (Lipinski definition) is 4. The lowest BCUT2D eigenvalue weighted by Crippen LogP contribution is -2.48. The van der Waals surface area contributed by atoms with Gasteiger partial charge in [0.1, 0.15) is 0 Å². The van der Waals surface area contributed by atoms with Crippen LogP contribution in [-0.4, -0.2) is 38.7 Å². The third kappa shape index (κ3) is 3.89. The molecule has 0 atom stereocenters. The van der Waals surface area contributed by atoms with Crippen molar-refractivity contribution in [3.8, 4) is 0 Å². The second-order valence-electron chi connectivity index (χ2n) is 4.58. The van der Waals surface area contributed by atoms with Gasteiger partial charge >= 0.3 is 0 Å². The molecule has 4 N–H and O–H groups in total. The maximum Gasteiger partial charge on any atom is 0.233 e. The molecule has 0 aliphatic heterocycles. The van der Waals surface area contributed by atoms with Crippen LogP contribution in [0.4, 0.5) is 0 Å². The van der Waals surface area contributed by atoms with Gasteiger partial charge in [-0.3, -0.25) is 4.79 Å². The first-order chi connectivity index (χ1) is 8.28. The number of amides is 1. The number of carbonyl (C=O) groups is 1. The summed E-state index contributed by atoms with van der Waals surface area (Å²) in [6.07, 6.45) is 4.29. The predicted octanol–water partition coefficient (Wildman–Crippen LogP) is -0.502. The Morgan fingerprint density at radius 3 is 2.33 bits per heavy atom. The molecule has 0 bridgehead atoms. The summed E-state index contributed by atoms with van der Waals surface area (Å²) in [5.74, 6) is -0.192. The monoisotopic (exact) mass is 293 g/mol. The molecule has 1 aliphatic carbocycles. The Labute approximate surface area is 113 Å². The van der Waals surface area contributed by atoms with Gasteiger partial charge in [-0.1, -0.05) is 25.1 Å². The van der Waals surface area contributed by atoms with Crippen molar-refractivity contribution >= 4 is 33.1 Å². The topological polar surface area (TPSA) is 101 Å². The second kappa shape index (κ2) is 5.94. The van der Waals surface area contributed by atoms with E-state index in [1.807, 2.05) is 0 Å². The minimum Gasteiger partial charge on any atom is -0.392 e. The van der Waals surface area contributed by atoms with Crippen LogP contribution in [0.25, 0.3) is 0 Å². The van der Waals surface area contributed by atoms with Crippen LogP contribution in [0, 0.1) is 5.41 Å². The predicted molar refractivity (Wildman–Crippen MR) is 73.5 cm³/mol. The summed E-state index contributed by atoms with van der Waals surface area (Å²) >= 11 is 4.99. The Hall–Kier alpha value is -0.730. The summed E-state index contributed by atoms with van der Waals surface area (Å²) in [4.78, 5) is 12.3. The zero-order chi connectivity index (χ0) is 13.8. The zero-order valence-electron chi connectivity index (χ0n) is 10.4. The summed E-state index contributed by atoms with van der Waals surface area (Å²) < 4.78 is 24.0. The van der Waals surface area contributed by atoms with Gasteiger partial charge < -0.3 is 11.1 Å². The van der Waals surface area contributed by atoms with Crippen molar-refractivity contribution in [3.05, 3.63) is 0 Å². The number of nitrogens with one attached hydrogen (secondary N) is 2. The molecule has 1 amide bonds. The van der Waals surface area contributed by atoms with Gasteiger partial charge in [0, 0.05) is 13.1 Å². The van der Waals surface area contributed by atoms with Crippen LogP contribution in [0.1, 0.15) is 25.7 Å². The summed E-state index contributed by atoms with van der Waals surface area (Å²) in [6.45, 7) is 0.397. The highest BCUT2D eigenvalue weighted by molar-refractivity contribution is 7.88. The van der Waals surface area contributed by atoms with Gasteiger partial charge in [0.05, 0.1) is 16.7 Å². The van der Waals surface area contributed by atoms with E-state index in [1.165, 1.54) is 0 Å². The van der Waals surface area contributed by atoms with Crippen molar-refractivity contribution in [3.63, 3.8) is 0 Å². The Morgan fingerprint density at radius 2 is 1.89 bits per heavy atom. The average molecular weight is 293 g/mol. The molecule has 18 heavy (non-hydrogen) atoms. The fourth-order valence-electron chi connectivity index (χ4n) is 2.15. The molecule has 0 aromatic carbocycles. The van der Waals surface area contributed by atoms with Crippen LogP contribution in [-0.2, 0) is 14.8 Å². The molecular formula is C10H19N3O3S2. The molecule has 1 aliphatic rings. The van der Waals surface area contributed by atoms with Crippen molar-refractivity contribution in [2.24, 2.45) is 11.1 Å². The van der Waals surface area contributed by atoms with E-state index >= 15 is 0 Å². The van der Waals surface area contributed by atoms with Crippen LogP contribution in [0.5, 0.6) is 0 Å². The Kier molecular flexibility index (Phi) is 5.06. The smallest absolute Gasteiger partial charge is 0.233 e. The molecule has 0 aromatic heterocycles. The van der Waals surface area contributed by atoms with Crippen LogP contribution in [0.2, 0.25) is 0 Å². The van der Waals surface area contributed by atoms with Crippen LogP contribution in [0.3, 0.4) is 0 Å². The van der Waals surface area contributed by atoms with E-state index in [1.54, 1.807) is 0 Å². The molecule has 8 heteroatoms. The minimum absolute atomic E-state index is 0.165. The summed E-state index contributed by atoms with van der Waals surface area (Å²) in [5.41, 5.74) is 4.93. The lowest BCUT2D eigenvalue weighted by molar-refractivity contribution is -0.127. The average Bonchev–Trinajstić information content (AvgIpc) is 2.72. The lowest BCUT2D eigenvalue weighted by atomic mass is 9.85. The number of carbonyl (C=O) groups excluding carboxylic acids is 1. The fourth-order valence-corrected chi connectivity index (χ4v) is 2.92. The minimum atomic E-state index is -3.22. The molecule has 1 fully saturated rings. The molecule has 0 saturated heterocycles. The van der Waals surface area contributed by atoms with E-state index in [4.69, 9.17) is 18.0 Å². The van der Waals surface area contributed by atoms with Gasteiger partial charge in [-0.2, -0.15) is 0 Å². The van der Waals surface area contributed by atoms with Crippen LogP contribution >= 0.6 is 12.2 Å². The zero-order valence-corrected chi connectivity index (χ0v) is 12.0. The van der Waals surface area contributed by atoms with Crippen molar-refractivity contribution in [1.29, 1.82) is 0 Å². The largest absolute Gasteiger partial charge is 0.392 e. The van der Waals surface area contributed by atoms with Crippen molar-refractivity contribution < 1.29 is 13.2 Å². The number of sulfonamides is 1. The Bertz CT molecular complexity index is 428. The molecule has 0 unspecified atom stereocenters. The van der Waals surface area contributed by atoms with E-state index in [0.29, 0.717) is 12.8 Å². The standard InChI is InChI=1S/C10H19N3O3S2/c1-18(15,16)13-7-6-12-9(14)10(8(11)17)4-2-3-5-10/h13H,2-7H2,1H3,(H2,11,17)(H,12,14). The van der Waals surface area contributed by atoms with Crippen molar-refractivity contribution in [2.75, 3.05) is 19.3 Å². The van der Waals surface area contributed by atoms with Crippen molar-refractivity contribution in [1.82, 2.24) is 10.0 Å². The molecular weight excluding hydrogens is 274 g/mol. The molecule has 104 valence electrons. The molecule has 6 nitrogen and oxygen atoms in total. The quantitative estimate of drug-likeness (QED) is 0.453. The van der Waals surface area contributed by atoms with Gasteiger partial charge in [-0.05, 0) is 12.8 Å². The number of hydrogen-bond donors (Lipinski definition) is 3. The summed E-state index contributed by atoms with van der Waals surface area (Å²) in [7, 11) is -3.22. The first-order valence-corrected chi connectivity index (χ1v) is 8.11. The first-order valence-electron chi connectivity index (χ1n) is 5.81. The van der Waals surface area contributed by atoms with E-state index in [9.17, 15) is 13.2 Å². The van der Waals surface area contributed by atoms with Crippen LogP contribution < -0.4 is 15.8 Å². The van der Waals surface area contributed by atoms with E-state index in [2.05, 4.69) is 10.0 Å². The van der Waals surface area contributed by atoms with Crippen LogP contribution in [0.15, 0.2) is 0 Å². The van der Waals surface area contributed by atoms with Gasteiger partial charge in [0.25, 0.3) is 0 Å². The fraction of sp³-hybridized carbons (Fsp3) is 0.800. The number of thiocarbonyl (C=S) groups is 1. The van der Waals surface area contributed by atoms with E-state index in [-0.39, 0.29) is 24.0 Å². The first kappa shape index (κ1) is 15.3. The molecule has 0 radical (unpaired) electrons. The highest BCUT2D eigenvalue weighted by atomic mass is 32.2. The Morgan fingerprint density at radius 1 is 1.33 bits per heavy atom. The van der Waals surface area contributed by atoms with E-state index < -0.39 is 15.4 Å². The van der Waals surface area contributed by atoms with Gasteiger partial charge in [-0.15, -0.1) is 0 Å². The Balaban J connectivity index is 2.47. The maximum absolute atomic E-state index is 12.1. The third-order valence-corrected chi connectivity index (χ3v) is 4.26. The number of nitrogens with two attached hydrogens (primary N) is 1. The molecule has 1 rings (SSSR count). The van der Waals surface area contributed by atoms with Crippen molar-refractivity contribution in [2.45, 2.75) is 25.7 Å². The van der Waals surface area contributed by atoms with Gasteiger partial charge in [0.2, 0.25) is 15.9 Å². The SMILES string of the molecule is CS(=O)(=O)NCCNC(=O)C1(C(N)=S)CCCC1. The maximum atomic E-state index is 12.1. The molecule has 0 heterocycles. The summed E-state index contributed by atoms with van der Waals surface area (Å²) in [6, 6.07) is 0.